The summed E-state index contributed by atoms with van der Waals surface area (Å²) in [6, 6.07) is 8.48. The van der Waals surface area contributed by atoms with Gasteiger partial charge >= 0.3 is 0 Å². The number of nitrogens with two attached hydrogens (primary N) is 2. The molecule has 2 rings (SSSR count). The highest BCUT2D eigenvalue weighted by atomic mass is 35.5. The summed E-state index contributed by atoms with van der Waals surface area (Å²) in [4.78, 5) is 14.9. The number of primary amides is 1. The van der Waals surface area contributed by atoms with Crippen LogP contribution in [0.4, 0.5) is 0 Å². The van der Waals surface area contributed by atoms with Gasteiger partial charge in [-0.3, -0.25) is 4.79 Å². The average Bonchev–Trinajstić information content (AvgIpc) is 2.42. The van der Waals surface area contributed by atoms with Gasteiger partial charge in [0.05, 0.1) is 5.56 Å². The zero-order valence-corrected chi connectivity index (χ0v) is 11.4. The summed E-state index contributed by atoms with van der Waals surface area (Å²) < 4.78 is 5.55. The summed E-state index contributed by atoms with van der Waals surface area (Å²) in [7, 11) is 0. The lowest BCUT2D eigenvalue weighted by Crippen LogP contribution is -2.10. The fraction of sp³-hybridized carbons (Fsp3) is 0.143. The largest absolute Gasteiger partial charge is 0.439 e. The maximum absolute atomic E-state index is 10.9. The molecule has 0 atom stereocenters. The van der Waals surface area contributed by atoms with E-state index in [1.54, 1.807) is 24.3 Å². The fourth-order valence-corrected chi connectivity index (χ4v) is 1.92. The highest BCUT2D eigenvalue weighted by Crippen LogP contribution is 2.26. The van der Waals surface area contributed by atoms with E-state index in [-0.39, 0.29) is 0 Å². The number of aromatic nitrogens is 1. The van der Waals surface area contributed by atoms with Gasteiger partial charge in [-0.25, -0.2) is 4.98 Å². The van der Waals surface area contributed by atoms with E-state index in [1.807, 2.05) is 6.07 Å². The second kappa shape index (κ2) is 6.36. The van der Waals surface area contributed by atoms with Crippen molar-refractivity contribution in [2.24, 2.45) is 11.5 Å². The van der Waals surface area contributed by atoms with Crippen LogP contribution in [0.1, 0.15) is 15.9 Å². The van der Waals surface area contributed by atoms with E-state index in [0.717, 1.165) is 5.56 Å². The SMILES string of the molecule is NCCc1ccc(Oc2ccc(C(N)=O)cn2)cc1Cl. The Hall–Kier alpha value is -2.11. The molecule has 4 N–H and O–H groups in total. The van der Waals surface area contributed by atoms with Crippen molar-refractivity contribution in [1.82, 2.24) is 4.98 Å². The molecule has 0 radical (unpaired) electrons. The van der Waals surface area contributed by atoms with E-state index in [0.29, 0.717) is 35.2 Å². The van der Waals surface area contributed by atoms with Crippen LogP contribution in [0.5, 0.6) is 11.6 Å². The number of hydrogen-bond acceptors (Lipinski definition) is 4. The standard InChI is InChI=1S/C14H14ClN3O2/c15-12-7-11(3-1-9(12)5-6-16)20-13-4-2-10(8-18-13)14(17)19/h1-4,7-8H,5-6,16H2,(H2,17,19). The van der Waals surface area contributed by atoms with E-state index < -0.39 is 5.91 Å². The smallest absolute Gasteiger partial charge is 0.250 e. The molecule has 1 amide bonds. The molecule has 6 heteroatoms. The molecule has 0 fully saturated rings. The van der Waals surface area contributed by atoms with Gasteiger partial charge in [-0.2, -0.15) is 0 Å². The minimum atomic E-state index is -0.529. The first-order valence-electron chi connectivity index (χ1n) is 6.02. The van der Waals surface area contributed by atoms with E-state index >= 15 is 0 Å². The number of hydrogen-bond donors (Lipinski definition) is 2. The molecular formula is C14H14ClN3O2. The Labute approximate surface area is 121 Å². The van der Waals surface area contributed by atoms with Gasteiger partial charge in [0.25, 0.3) is 0 Å². The van der Waals surface area contributed by atoms with Crippen LogP contribution in [0.2, 0.25) is 5.02 Å². The van der Waals surface area contributed by atoms with Gasteiger partial charge in [0.2, 0.25) is 11.8 Å². The fourth-order valence-electron chi connectivity index (χ4n) is 1.66. The van der Waals surface area contributed by atoms with Crippen LogP contribution in [0.15, 0.2) is 36.5 Å². The Morgan fingerprint density at radius 2 is 2.10 bits per heavy atom. The van der Waals surface area contributed by atoms with Crippen LogP contribution in [0, 0.1) is 0 Å². The number of halogens is 1. The van der Waals surface area contributed by atoms with E-state index in [9.17, 15) is 4.79 Å². The maximum atomic E-state index is 10.9. The van der Waals surface area contributed by atoms with Crippen LogP contribution >= 0.6 is 11.6 Å². The number of carbonyl (C=O) groups excluding carboxylic acids is 1. The third kappa shape index (κ3) is 3.46. The van der Waals surface area contributed by atoms with Crippen LogP contribution in [0.3, 0.4) is 0 Å². The van der Waals surface area contributed by atoms with Crippen LogP contribution in [-0.4, -0.2) is 17.4 Å². The van der Waals surface area contributed by atoms with Gasteiger partial charge in [-0.1, -0.05) is 17.7 Å². The monoisotopic (exact) mass is 291 g/mol. The van der Waals surface area contributed by atoms with Crippen LogP contribution in [-0.2, 0) is 6.42 Å². The van der Waals surface area contributed by atoms with Crippen molar-refractivity contribution in [3.8, 4) is 11.6 Å². The molecule has 1 aromatic carbocycles. The Morgan fingerprint density at radius 3 is 2.65 bits per heavy atom. The second-order valence-electron chi connectivity index (χ2n) is 4.14. The van der Waals surface area contributed by atoms with E-state index in [4.69, 9.17) is 27.8 Å². The Kier molecular flexibility index (Phi) is 4.55. The normalized spacial score (nSPS) is 10.3. The van der Waals surface area contributed by atoms with E-state index in [2.05, 4.69) is 4.98 Å². The highest BCUT2D eigenvalue weighted by molar-refractivity contribution is 6.31. The highest BCUT2D eigenvalue weighted by Gasteiger charge is 2.05. The van der Waals surface area contributed by atoms with Gasteiger partial charge in [0.15, 0.2) is 0 Å². The molecule has 0 aliphatic carbocycles. The van der Waals surface area contributed by atoms with Crippen molar-refractivity contribution in [3.05, 3.63) is 52.7 Å². The number of ether oxygens (including phenoxy) is 1. The zero-order chi connectivity index (χ0) is 14.5. The lowest BCUT2D eigenvalue weighted by Gasteiger charge is -2.08. The molecule has 5 nitrogen and oxygen atoms in total. The second-order valence-corrected chi connectivity index (χ2v) is 4.55. The quantitative estimate of drug-likeness (QED) is 0.883. The molecule has 0 saturated heterocycles. The first-order chi connectivity index (χ1) is 9.60. The van der Waals surface area contributed by atoms with Crippen molar-refractivity contribution in [3.63, 3.8) is 0 Å². The Bertz CT molecular complexity index is 614. The van der Waals surface area contributed by atoms with Gasteiger partial charge in [-0.15, -0.1) is 0 Å². The number of nitrogens with zero attached hydrogens (tertiary/aromatic N) is 1. The first-order valence-corrected chi connectivity index (χ1v) is 6.40. The Morgan fingerprint density at radius 1 is 1.30 bits per heavy atom. The minimum Gasteiger partial charge on any atom is -0.439 e. The number of carbonyl (C=O) groups is 1. The topological polar surface area (TPSA) is 91.2 Å². The lowest BCUT2D eigenvalue weighted by atomic mass is 10.1. The molecule has 1 heterocycles. The maximum Gasteiger partial charge on any atom is 0.250 e. The van der Waals surface area contributed by atoms with Crippen molar-refractivity contribution < 1.29 is 9.53 Å². The number of amides is 1. The summed E-state index contributed by atoms with van der Waals surface area (Å²) in [5.74, 6) is 0.394. The molecule has 0 spiro atoms. The van der Waals surface area contributed by atoms with Crippen LogP contribution < -0.4 is 16.2 Å². The molecular weight excluding hydrogens is 278 g/mol. The first kappa shape index (κ1) is 14.3. The summed E-state index contributed by atoms with van der Waals surface area (Å²) in [5, 5.41) is 0.599. The summed E-state index contributed by atoms with van der Waals surface area (Å²) in [6.45, 7) is 0.538. The molecule has 0 saturated carbocycles. The van der Waals surface area contributed by atoms with Gasteiger partial charge in [0.1, 0.15) is 5.75 Å². The molecule has 104 valence electrons. The third-order valence-corrected chi connectivity index (χ3v) is 3.03. The number of pyridine rings is 1. The molecule has 1 aromatic heterocycles. The van der Waals surface area contributed by atoms with Crippen molar-refractivity contribution in [1.29, 1.82) is 0 Å². The van der Waals surface area contributed by atoms with E-state index in [1.165, 1.54) is 6.20 Å². The number of rotatable bonds is 5. The molecule has 2 aromatic rings. The van der Waals surface area contributed by atoms with Gasteiger partial charge < -0.3 is 16.2 Å². The van der Waals surface area contributed by atoms with Crippen molar-refractivity contribution >= 4 is 17.5 Å². The predicted octanol–water partition coefficient (Wildman–Crippen LogP) is 2.13. The van der Waals surface area contributed by atoms with Gasteiger partial charge in [-0.05, 0) is 36.7 Å². The molecule has 20 heavy (non-hydrogen) atoms. The number of benzene rings is 1. The predicted molar refractivity (Wildman–Crippen MR) is 77.0 cm³/mol. The molecule has 0 aliphatic heterocycles. The summed E-state index contributed by atoms with van der Waals surface area (Å²) >= 11 is 6.12. The van der Waals surface area contributed by atoms with Gasteiger partial charge in [0, 0.05) is 17.3 Å². The lowest BCUT2D eigenvalue weighted by molar-refractivity contribution is 0.1000. The summed E-state index contributed by atoms with van der Waals surface area (Å²) in [5.41, 5.74) is 11.9. The molecule has 0 unspecified atom stereocenters. The molecule has 0 bridgehead atoms. The Balaban J connectivity index is 2.13. The molecule has 0 aliphatic rings. The summed E-state index contributed by atoms with van der Waals surface area (Å²) in [6.07, 6.45) is 2.08. The van der Waals surface area contributed by atoms with Crippen LogP contribution in [0.25, 0.3) is 0 Å². The van der Waals surface area contributed by atoms with Crippen molar-refractivity contribution in [2.75, 3.05) is 6.54 Å². The zero-order valence-electron chi connectivity index (χ0n) is 10.7. The third-order valence-electron chi connectivity index (χ3n) is 2.68. The minimum absolute atomic E-state index is 0.327. The van der Waals surface area contributed by atoms with Crippen molar-refractivity contribution in [2.45, 2.75) is 6.42 Å². The average molecular weight is 292 g/mol.